The van der Waals surface area contributed by atoms with E-state index in [0.29, 0.717) is 35.4 Å². The van der Waals surface area contributed by atoms with E-state index in [9.17, 15) is 9.00 Å². The van der Waals surface area contributed by atoms with Gasteiger partial charge in [0, 0.05) is 24.4 Å². The van der Waals surface area contributed by atoms with Crippen LogP contribution in [0.1, 0.15) is 22.5 Å². The van der Waals surface area contributed by atoms with Crippen molar-refractivity contribution in [3.63, 3.8) is 0 Å². The van der Waals surface area contributed by atoms with Gasteiger partial charge in [0.05, 0.1) is 48.5 Å². The summed E-state index contributed by atoms with van der Waals surface area (Å²) in [6.07, 6.45) is 3.64. The third kappa shape index (κ3) is 3.90. The first-order valence-corrected chi connectivity index (χ1v) is 11.4. The fourth-order valence-corrected chi connectivity index (χ4v) is 5.18. The zero-order valence-corrected chi connectivity index (χ0v) is 17.9. The minimum atomic E-state index is -1.12. The third-order valence-electron chi connectivity index (χ3n) is 5.56. The van der Waals surface area contributed by atoms with Gasteiger partial charge < -0.3 is 15.0 Å². The van der Waals surface area contributed by atoms with Crippen molar-refractivity contribution in [3.8, 4) is 0 Å². The van der Waals surface area contributed by atoms with E-state index in [0.717, 1.165) is 35.6 Å². The topological polar surface area (TPSA) is 113 Å². The molecule has 3 aromatic rings. The molecule has 2 aliphatic heterocycles. The summed E-state index contributed by atoms with van der Waals surface area (Å²) in [6, 6.07) is 7.48. The van der Waals surface area contributed by atoms with E-state index in [1.807, 2.05) is 30.5 Å². The van der Waals surface area contributed by atoms with Crippen LogP contribution in [0.2, 0.25) is 0 Å². The Kier molecular flexibility index (Phi) is 5.14. The highest BCUT2D eigenvalue weighted by molar-refractivity contribution is 7.85. The maximum atomic E-state index is 12.6. The van der Waals surface area contributed by atoms with E-state index in [1.54, 1.807) is 0 Å². The number of anilines is 3. The van der Waals surface area contributed by atoms with Crippen molar-refractivity contribution < 1.29 is 13.7 Å². The van der Waals surface area contributed by atoms with Crippen LogP contribution in [-0.4, -0.2) is 49.8 Å². The fraction of sp³-hybridized carbons (Fsp3) is 0.333. The summed E-state index contributed by atoms with van der Waals surface area (Å²) in [7, 11) is 0.253. The summed E-state index contributed by atoms with van der Waals surface area (Å²) in [5.74, 6) is 1.48. The average molecular weight is 439 g/mol. The lowest BCUT2D eigenvalue weighted by Crippen LogP contribution is -2.32. The second kappa shape index (κ2) is 8.10. The smallest absolute Gasteiger partial charge is 0.309 e. The molecule has 0 amide bonds. The average Bonchev–Trinajstić information content (AvgIpc) is 3.41. The first-order chi connectivity index (χ1) is 15.1. The van der Waals surface area contributed by atoms with Crippen LogP contribution in [-0.2, 0) is 46.1 Å². The molecule has 31 heavy (non-hydrogen) atoms. The second-order valence-electron chi connectivity index (χ2n) is 7.57. The summed E-state index contributed by atoms with van der Waals surface area (Å²) < 4.78 is 17.3. The summed E-state index contributed by atoms with van der Waals surface area (Å²) in [5, 5.41) is 10.5. The number of esters is 1. The van der Waals surface area contributed by atoms with Gasteiger partial charge in [-0.05, 0) is 29.7 Å². The van der Waals surface area contributed by atoms with Crippen molar-refractivity contribution in [2.75, 3.05) is 29.6 Å². The number of methoxy groups -OCH3 is 1. The predicted octanol–water partition coefficient (Wildman–Crippen LogP) is 1.89. The van der Waals surface area contributed by atoms with Gasteiger partial charge in [0.15, 0.2) is 5.82 Å². The van der Waals surface area contributed by atoms with E-state index in [2.05, 4.69) is 20.4 Å². The lowest BCUT2D eigenvalue weighted by molar-refractivity contribution is -0.139. The summed E-state index contributed by atoms with van der Waals surface area (Å²) in [6.45, 7) is 1.47. The van der Waals surface area contributed by atoms with E-state index >= 15 is 0 Å². The summed E-state index contributed by atoms with van der Waals surface area (Å²) in [4.78, 5) is 23.8. The van der Waals surface area contributed by atoms with Crippen molar-refractivity contribution in [2.45, 2.75) is 30.7 Å². The van der Waals surface area contributed by atoms with Crippen molar-refractivity contribution in [1.82, 2.24) is 20.2 Å². The predicted molar refractivity (Wildman–Crippen MR) is 116 cm³/mol. The Labute approximate surface area is 181 Å². The molecule has 2 N–H and O–H groups in total. The third-order valence-corrected chi connectivity index (χ3v) is 7.02. The van der Waals surface area contributed by atoms with Crippen LogP contribution in [0.3, 0.4) is 0 Å². The van der Waals surface area contributed by atoms with Gasteiger partial charge in [0.2, 0.25) is 5.95 Å². The van der Waals surface area contributed by atoms with Gasteiger partial charge in [-0.2, -0.15) is 10.1 Å². The Morgan fingerprint density at radius 3 is 2.90 bits per heavy atom. The number of aromatic amines is 1. The van der Waals surface area contributed by atoms with E-state index in [-0.39, 0.29) is 12.4 Å². The van der Waals surface area contributed by atoms with Gasteiger partial charge in [0.25, 0.3) is 0 Å². The molecule has 2 aromatic heterocycles. The number of benzene rings is 1. The highest BCUT2D eigenvalue weighted by atomic mass is 32.2. The number of aryl methyl sites for hydroxylation is 1. The highest BCUT2D eigenvalue weighted by Gasteiger charge is 2.28. The van der Waals surface area contributed by atoms with Crippen LogP contribution in [0.25, 0.3) is 0 Å². The molecule has 0 unspecified atom stereocenters. The number of carbonyl (C=O) groups is 1. The fourth-order valence-electron chi connectivity index (χ4n) is 3.88. The van der Waals surface area contributed by atoms with Crippen LogP contribution >= 0.6 is 0 Å². The maximum Gasteiger partial charge on any atom is 0.309 e. The molecule has 0 saturated heterocycles. The van der Waals surface area contributed by atoms with Crippen molar-refractivity contribution in [2.24, 2.45) is 0 Å². The minimum absolute atomic E-state index is 0.221. The monoisotopic (exact) mass is 438 g/mol. The zero-order chi connectivity index (χ0) is 21.4. The quantitative estimate of drug-likeness (QED) is 0.581. The first-order valence-electron chi connectivity index (χ1n) is 10.1. The van der Waals surface area contributed by atoms with Gasteiger partial charge in [-0.15, -0.1) is 0 Å². The number of H-pyrrole nitrogens is 1. The minimum Gasteiger partial charge on any atom is -0.469 e. The number of fused-ring (bicyclic) bond motifs is 2. The molecule has 0 aliphatic carbocycles. The molecular weight excluding hydrogens is 416 g/mol. The van der Waals surface area contributed by atoms with Crippen LogP contribution in [0.5, 0.6) is 0 Å². The molecule has 0 saturated carbocycles. The van der Waals surface area contributed by atoms with Crippen LogP contribution in [0.15, 0.2) is 35.4 Å². The van der Waals surface area contributed by atoms with Crippen molar-refractivity contribution >= 4 is 34.2 Å². The number of nitrogens with zero attached hydrogens (tertiary/aromatic N) is 4. The first kappa shape index (κ1) is 19.7. The molecule has 10 heteroatoms. The van der Waals surface area contributed by atoms with E-state index in [1.165, 1.54) is 12.7 Å². The van der Waals surface area contributed by atoms with Gasteiger partial charge in [-0.3, -0.25) is 14.1 Å². The van der Waals surface area contributed by atoms with Crippen LogP contribution in [0, 0.1) is 0 Å². The number of carbonyl (C=O) groups excluding carboxylic acids is 1. The SMILES string of the molecule is COC(=O)Cc1ccc(Nc2nc(N3CCc4cn[nH]c4C3)nc3c2[S@](=O)CC3)cc1. The second-order valence-corrected chi connectivity index (χ2v) is 9.08. The van der Waals surface area contributed by atoms with Crippen molar-refractivity contribution in [1.29, 1.82) is 0 Å². The Bertz CT molecular complexity index is 1160. The Morgan fingerprint density at radius 1 is 1.26 bits per heavy atom. The Morgan fingerprint density at radius 2 is 2.10 bits per heavy atom. The molecule has 0 bridgehead atoms. The standard InChI is InChI=1S/C21H22N6O3S/c1-30-18(28)10-13-2-4-15(5-3-13)23-20-19-16(7-9-31(19)29)24-21(25-20)27-8-6-14-11-22-26-17(14)12-27/h2-5,11H,6-10,12H2,1H3,(H,22,26)(H,23,24,25)/t31-/m1/s1. The largest absolute Gasteiger partial charge is 0.469 e. The highest BCUT2D eigenvalue weighted by Crippen LogP contribution is 2.32. The molecule has 0 radical (unpaired) electrons. The van der Waals surface area contributed by atoms with Gasteiger partial charge in [-0.1, -0.05) is 12.1 Å². The van der Waals surface area contributed by atoms with Crippen LogP contribution in [0.4, 0.5) is 17.5 Å². The van der Waals surface area contributed by atoms with E-state index in [4.69, 9.17) is 14.7 Å². The summed E-state index contributed by atoms with van der Waals surface area (Å²) in [5.41, 5.74) is 4.80. The lowest BCUT2D eigenvalue weighted by Gasteiger charge is -2.27. The maximum absolute atomic E-state index is 12.6. The number of ether oxygens (including phenoxy) is 1. The number of nitrogens with one attached hydrogen (secondary N) is 2. The molecule has 0 spiro atoms. The molecule has 1 aromatic carbocycles. The summed E-state index contributed by atoms with van der Waals surface area (Å²) >= 11 is 0. The lowest BCUT2D eigenvalue weighted by atomic mass is 10.1. The Hall–Kier alpha value is -3.27. The number of hydrogen-bond donors (Lipinski definition) is 2. The molecule has 1 atom stereocenters. The molecule has 160 valence electrons. The number of rotatable bonds is 5. The Balaban J connectivity index is 1.43. The molecular formula is C21H22N6O3S. The van der Waals surface area contributed by atoms with Crippen molar-refractivity contribution in [3.05, 3.63) is 53.0 Å². The molecule has 9 nitrogen and oxygen atoms in total. The molecule has 0 fully saturated rings. The molecule has 5 rings (SSSR count). The normalized spacial score (nSPS) is 17.2. The van der Waals surface area contributed by atoms with Gasteiger partial charge in [0.1, 0.15) is 4.90 Å². The number of aromatic nitrogens is 4. The van der Waals surface area contributed by atoms with Gasteiger partial charge >= 0.3 is 5.97 Å². The zero-order valence-electron chi connectivity index (χ0n) is 17.1. The van der Waals surface area contributed by atoms with E-state index < -0.39 is 10.8 Å². The molecule has 4 heterocycles. The number of hydrogen-bond acceptors (Lipinski definition) is 8. The molecule has 2 aliphatic rings. The van der Waals surface area contributed by atoms with Crippen LogP contribution < -0.4 is 10.2 Å². The van der Waals surface area contributed by atoms with Gasteiger partial charge in [-0.25, -0.2) is 4.98 Å².